The van der Waals surface area contributed by atoms with Crippen molar-refractivity contribution in [1.82, 2.24) is 19.3 Å². The van der Waals surface area contributed by atoms with Crippen LogP contribution in [0.2, 0.25) is 0 Å². The zero-order valence-electron chi connectivity index (χ0n) is 8.58. The zero-order chi connectivity index (χ0) is 12.5. The highest BCUT2D eigenvalue weighted by Gasteiger charge is 2.28. The predicted octanol–water partition coefficient (Wildman–Crippen LogP) is -0.516. The molecule has 90 valence electrons. The number of aromatic nitrogens is 3. The molecule has 2 N–H and O–H groups in total. The highest BCUT2D eigenvalue weighted by molar-refractivity contribution is 9.10. The molecule has 0 spiro atoms. The maximum absolute atomic E-state index is 12.1. The average molecular weight is 328 g/mol. The number of sulfonamides is 1. The van der Waals surface area contributed by atoms with Gasteiger partial charge in [-0.2, -0.15) is 4.31 Å². The second-order valence-corrected chi connectivity index (χ2v) is 6.27. The number of halogens is 1. The molecule has 0 saturated carbocycles. The quantitative estimate of drug-likeness (QED) is 0.748. The van der Waals surface area contributed by atoms with E-state index in [4.69, 9.17) is 5.73 Å². The SMILES string of the molecule is CN(CC(N)=S)S(=O)(=O)c1c(Br)nnn1C. The lowest BCUT2D eigenvalue weighted by Crippen LogP contribution is -2.35. The van der Waals surface area contributed by atoms with Gasteiger partial charge in [0.1, 0.15) is 0 Å². The second kappa shape index (κ2) is 4.73. The van der Waals surface area contributed by atoms with Crippen molar-refractivity contribution in [3.05, 3.63) is 4.60 Å². The van der Waals surface area contributed by atoms with Crippen molar-refractivity contribution in [2.24, 2.45) is 12.8 Å². The molecule has 0 unspecified atom stereocenters. The van der Waals surface area contributed by atoms with Gasteiger partial charge < -0.3 is 5.73 Å². The van der Waals surface area contributed by atoms with Crippen LogP contribution in [0.5, 0.6) is 0 Å². The summed E-state index contributed by atoms with van der Waals surface area (Å²) in [5.41, 5.74) is 5.30. The van der Waals surface area contributed by atoms with E-state index in [0.29, 0.717) is 0 Å². The highest BCUT2D eigenvalue weighted by atomic mass is 79.9. The Morgan fingerprint density at radius 2 is 2.25 bits per heavy atom. The molecular weight excluding hydrogens is 318 g/mol. The summed E-state index contributed by atoms with van der Waals surface area (Å²) in [5.74, 6) is 0. The third kappa shape index (κ3) is 2.56. The van der Waals surface area contributed by atoms with E-state index >= 15 is 0 Å². The normalized spacial score (nSPS) is 12.0. The Morgan fingerprint density at radius 3 is 2.62 bits per heavy atom. The van der Waals surface area contributed by atoms with Crippen LogP contribution in [0.15, 0.2) is 9.63 Å². The lowest BCUT2D eigenvalue weighted by atomic mass is 10.7. The molecule has 10 heteroatoms. The fourth-order valence-electron chi connectivity index (χ4n) is 1.05. The van der Waals surface area contributed by atoms with Gasteiger partial charge in [0.05, 0.1) is 11.5 Å². The first-order chi connectivity index (χ1) is 7.26. The molecule has 0 aromatic carbocycles. The number of thiocarbonyl (C=S) groups is 1. The van der Waals surface area contributed by atoms with Crippen LogP contribution in [0.25, 0.3) is 0 Å². The molecule has 0 aliphatic carbocycles. The van der Waals surface area contributed by atoms with E-state index in [2.05, 4.69) is 38.5 Å². The number of likely N-dealkylation sites (N-methyl/N-ethyl adjacent to an activating group) is 1. The van der Waals surface area contributed by atoms with Crippen molar-refractivity contribution < 1.29 is 8.42 Å². The number of rotatable bonds is 4. The molecule has 0 aliphatic heterocycles. The number of hydrogen-bond donors (Lipinski definition) is 1. The molecule has 1 heterocycles. The number of aryl methyl sites for hydroxylation is 1. The van der Waals surface area contributed by atoms with Gasteiger partial charge >= 0.3 is 0 Å². The van der Waals surface area contributed by atoms with E-state index in [1.807, 2.05) is 0 Å². The summed E-state index contributed by atoms with van der Waals surface area (Å²) in [6.07, 6.45) is 0. The first-order valence-corrected chi connectivity index (χ1v) is 6.70. The summed E-state index contributed by atoms with van der Waals surface area (Å²) in [4.78, 5) is 0.0947. The van der Waals surface area contributed by atoms with Gasteiger partial charge in [0, 0.05) is 14.1 Å². The maximum Gasteiger partial charge on any atom is 0.263 e. The van der Waals surface area contributed by atoms with Crippen molar-refractivity contribution in [2.75, 3.05) is 13.6 Å². The van der Waals surface area contributed by atoms with Gasteiger partial charge in [-0.15, -0.1) is 5.10 Å². The standard InChI is InChI=1S/C6H10BrN5O2S2/c1-11(3-4(8)15)16(13,14)6-5(7)9-10-12(6)2/h3H2,1-2H3,(H2,8,15). The molecule has 0 fully saturated rings. The molecule has 0 bridgehead atoms. The van der Waals surface area contributed by atoms with Crippen LogP contribution in [-0.2, 0) is 17.1 Å². The Balaban J connectivity index is 3.17. The van der Waals surface area contributed by atoms with E-state index in [1.165, 1.54) is 14.1 Å². The topological polar surface area (TPSA) is 94.1 Å². The number of hydrogen-bond acceptors (Lipinski definition) is 5. The van der Waals surface area contributed by atoms with Crippen LogP contribution in [0, 0.1) is 0 Å². The Bertz CT molecular complexity index is 491. The van der Waals surface area contributed by atoms with Crippen molar-refractivity contribution in [2.45, 2.75) is 5.03 Å². The minimum absolute atomic E-state index is 0.0325. The van der Waals surface area contributed by atoms with E-state index in [-0.39, 0.29) is 21.2 Å². The molecule has 0 amide bonds. The molecule has 0 atom stereocenters. The van der Waals surface area contributed by atoms with Gasteiger partial charge in [0.25, 0.3) is 10.0 Å². The van der Waals surface area contributed by atoms with Crippen molar-refractivity contribution in [3.63, 3.8) is 0 Å². The summed E-state index contributed by atoms with van der Waals surface area (Å²) < 4.78 is 26.5. The van der Waals surface area contributed by atoms with E-state index in [9.17, 15) is 8.42 Å². The van der Waals surface area contributed by atoms with Crippen LogP contribution < -0.4 is 5.73 Å². The molecule has 0 saturated heterocycles. The first kappa shape index (κ1) is 13.5. The minimum atomic E-state index is -3.70. The third-order valence-electron chi connectivity index (χ3n) is 1.77. The lowest BCUT2D eigenvalue weighted by molar-refractivity contribution is 0.492. The summed E-state index contributed by atoms with van der Waals surface area (Å²) in [6, 6.07) is 0. The Morgan fingerprint density at radius 1 is 1.69 bits per heavy atom. The van der Waals surface area contributed by atoms with E-state index < -0.39 is 10.0 Å². The number of nitrogens with two attached hydrogens (primary N) is 1. The summed E-state index contributed by atoms with van der Waals surface area (Å²) >= 11 is 7.68. The fourth-order valence-corrected chi connectivity index (χ4v) is 3.49. The van der Waals surface area contributed by atoms with Gasteiger partial charge in [0.2, 0.25) is 5.03 Å². The Kier molecular flexibility index (Phi) is 3.99. The zero-order valence-corrected chi connectivity index (χ0v) is 11.8. The highest BCUT2D eigenvalue weighted by Crippen LogP contribution is 2.20. The van der Waals surface area contributed by atoms with Gasteiger partial charge in [0.15, 0.2) is 4.60 Å². The van der Waals surface area contributed by atoms with Crippen molar-refractivity contribution in [3.8, 4) is 0 Å². The monoisotopic (exact) mass is 327 g/mol. The number of nitrogens with zero attached hydrogens (tertiary/aromatic N) is 4. The van der Waals surface area contributed by atoms with Crippen LogP contribution in [-0.4, -0.2) is 46.3 Å². The van der Waals surface area contributed by atoms with Gasteiger partial charge in [-0.1, -0.05) is 17.4 Å². The maximum atomic E-state index is 12.1. The van der Waals surface area contributed by atoms with Crippen LogP contribution in [0.3, 0.4) is 0 Å². The van der Waals surface area contributed by atoms with Crippen molar-refractivity contribution >= 4 is 43.2 Å². The third-order valence-corrected chi connectivity index (χ3v) is 4.59. The van der Waals surface area contributed by atoms with Crippen LogP contribution in [0.4, 0.5) is 0 Å². The van der Waals surface area contributed by atoms with E-state index in [0.717, 1.165) is 8.99 Å². The average Bonchev–Trinajstić information content (AvgIpc) is 2.45. The fraction of sp³-hybridized carbons (Fsp3) is 0.500. The molecule has 0 radical (unpaired) electrons. The predicted molar refractivity (Wildman–Crippen MR) is 65.3 cm³/mol. The molecule has 16 heavy (non-hydrogen) atoms. The Labute approximate surface area is 107 Å². The molecule has 1 aromatic heterocycles. The first-order valence-electron chi connectivity index (χ1n) is 4.06. The molecule has 7 nitrogen and oxygen atoms in total. The molecule has 1 rings (SSSR count). The molecule has 0 aliphatic rings. The van der Waals surface area contributed by atoms with Gasteiger partial charge in [-0.3, -0.25) is 0 Å². The summed E-state index contributed by atoms with van der Waals surface area (Å²) in [6.45, 7) is -0.0325. The van der Waals surface area contributed by atoms with Crippen LogP contribution >= 0.6 is 28.1 Å². The Hall–Kier alpha value is -0.580. The second-order valence-electron chi connectivity index (χ2n) is 3.04. The summed E-state index contributed by atoms with van der Waals surface area (Å²) in [5, 5.41) is 7.16. The minimum Gasteiger partial charge on any atom is -0.392 e. The van der Waals surface area contributed by atoms with Crippen LogP contribution in [0.1, 0.15) is 0 Å². The van der Waals surface area contributed by atoms with Gasteiger partial charge in [-0.05, 0) is 15.9 Å². The largest absolute Gasteiger partial charge is 0.392 e. The van der Waals surface area contributed by atoms with Crippen molar-refractivity contribution in [1.29, 1.82) is 0 Å². The lowest BCUT2D eigenvalue weighted by Gasteiger charge is -2.15. The van der Waals surface area contributed by atoms with Gasteiger partial charge in [-0.25, -0.2) is 13.1 Å². The molecule has 1 aromatic rings. The molecular formula is C6H10BrN5O2S2. The summed E-state index contributed by atoms with van der Waals surface area (Å²) in [7, 11) is -0.827. The smallest absolute Gasteiger partial charge is 0.263 e. The van der Waals surface area contributed by atoms with E-state index in [1.54, 1.807) is 0 Å².